The number of aliphatic hydroxyl groups excluding tert-OH is 1. The predicted molar refractivity (Wildman–Crippen MR) is 78.0 cm³/mol. The van der Waals surface area contributed by atoms with Crippen LogP contribution >= 0.6 is 0 Å². The second kappa shape index (κ2) is 6.22. The smallest absolute Gasteiger partial charge is 0.258 e. The first-order chi connectivity index (χ1) is 10.3. The van der Waals surface area contributed by atoms with Gasteiger partial charge in [0.25, 0.3) is 5.91 Å². The summed E-state index contributed by atoms with van der Waals surface area (Å²) in [5.74, 6) is -0.0565. The Bertz CT molecular complexity index is 619. The molecule has 0 aromatic carbocycles. The first kappa shape index (κ1) is 14.0. The van der Waals surface area contributed by atoms with Crippen LogP contribution in [0.2, 0.25) is 0 Å². The van der Waals surface area contributed by atoms with E-state index in [2.05, 4.69) is 10.1 Å². The van der Waals surface area contributed by atoms with E-state index in [0.29, 0.717) is 17.6 Å². The average Bonchev–Trinajstić information content (AvgIpc) is 2.97. The van der Waals surface area contributed by atoms with Crippen molar-refractivity contribution in [3.05, 3.63) is 30.4 Å². The highest BCUT2D eigenvalue weighted by atomic mass is 16.3. The second-order valence-corrected chi connectivity index (χ2v) is 5.48. The van der Waals surface area contributed by atoms with Crippen LogP contribution in [0.25, 0.3) is 5.52 Å². The summed E-state index contributed by atoms with van der Waals surface area (Å²) in [5, 5.41) is 13.5. The lowest BCUT2D eigenvalue weighted by Gasteiger charge is -2.33. The maximum absolute atomic E-state index is 12.8. The number of hydrogen-bond acceptors (Lipinski definition) is 4. The molecule has 112 valence electrons. The molecule has 21 heavy (non-hydrogen) atoms. The van der Waals surface area contributed by atoms with Gasteiger partial charge in [-0.3, -0.25) is 9.78 Å². The summed E-state index contributed by atoms with van der Waals surface area (Å²) in [4.78, 5) is 18.7. The molecule has 6 nitrogen and oxygen atoms in total. The van der Waals surface area contributed by atoms with Crippen LogP contribution in [0.15, 0.2) is 24.8 Å². The summed E-state index contributed by atoms with van der Waals surface area (Å²) in [7, 11) is 0. The Morgan fingerprint density at radius 2 is 2.14 bits per heavy atom. The van der Waals surface area contributed by atoms with Crippen molar-refractivity contribution in [2.24, 2.45) is 0 Å². The molecule has 2 heterocycles. The zero-order valence-electron chi connectivity index (χ0n) is 12.0. The van der Waals surface area contributed by atoms with Crippen LogP contribution in [0.4, 0.5) is 0 Å². The lowest BCUT2D eigenvalue weighted by atomic mass is 9.93. The third-order valence-electron chi connectivity index (χ3n) is 4.17. The van der Waals surface area contributed by atoms with Crippen molar-refractivity contribution < 1.29 is 9.90 Å². The quantitative estimate of drug-likeness (QED) is 0.925. The molecule has 3 rings (SSSR count). The molecule has 0 atom stereocenters. The van der Waals surface area contributed by atoms with E-state index in [1.54, 1.807) is 29.3 Å². The van der Waals surface area contributed by atoms with Gasteiger partial charge in [0.2, 0.25) is 0 Å². The van der Waals surface area contributed by atoms with Gasteiger partial charge in [-0.1, -0.05) is 19.3 Å². The maximum Gasteiger partial charge on any atom is 0.258 e. The molecule has 0 unspecified atom stereocenters. The number of fused-ring (bicyclic) bond motifs is 1. The molecule has 0 spiro atoms. The summed E-state index contributed by atoms with van der Waals surface area (Å²) in [6.45, 7) is 0.362. The Labute approximate surface area is 123 Å². The van der Waals surface area contributed by atoms with E-state index < -0.39 is 0 Å². The first-order valence-electron chi connectivity index (χ1n) is 7.50. The number of nitrogens with zero attached hydrogens (tertiary/aromatic N) is 4. The lowest BCUT2D eigenvalue weighted by molar-refractivity contribution is 0.0587. The number of aromatic nitrogens is 3. The summed E-state index contributed by atoms with van der Waals surface area (Å²) in [6, 6.07) is 0.227. The fourth-order valence-corrected chi connectivity index (χ4v) is 3.10. The molecule has 1 aliphatic rings. The number of carbonyl (C=O) groups is 1. The van der Waals surface area contributed by atoms with Gasteiger partial charge in [0, 0.05) is 25.0 Å². The molecule has 1 saturated carbocycles. The van der Waals surface area contributed by atoms with E-state index in [9.17, 15) is 9.90 Å². The lowest BCUT2D eigenvalue weighted by Crippen LogP contribution is -2.43. The number of amides is 1. The molecule has 0 saturated heterocycles. The molecular formula is C15H20N4O2. The third kappa shape index (κ3) is 2.76. The molecule has 2 aromatic rings. The number of hydrogen-bond donors (Lipinski definition) is 1. The molecule has 1 amide bonds. The van der Waals surface area contributed by atoms with Gasteiger partial charge in [-0.25, -0.2) is 4.52 Å². The molecule has 1 fully saturated rings. The summed E-state index contributed by atoms with van der Waals surface area (Å²) in [5.41, 5.74) is 1.27. The van der Waals surface area contributed by atoms with Gasteiger partial charge in [-0.05, 0) is 12.8 Å². The van der Waals surface area contributed by atoms with E-state index in [4.69, 9.17) is 0 Å². The molecule has 0 radical (unpaired) electrons. The van der Waals surface area contributed by atoms with Crippen LogP contribution < -0.4 is 0 Å². The van der Waals surface area contributed by atoms with Gasteiger partial charge in [0.05, 0.1) is 30.1 Å². The van der Waals surface area contributed by atoms with Gasteiger partial charge in [-0.2, -0.15) is 5.10 Å². The van der Waals surface area contributed by atoms with Crippen LogP contribution in [-0.4, -0.2) is 49.7 Å². The molecule has 6 heteroatoms. The summed E-state index contributed by atoms with van der Waals surface area (Å²) >= 11 is 0. The zero-order valence-corrected chi connectivity index (χ0v) is 12.0. The minimum Gasteiger partial charge on any atom is -0.395 e. The number of aliphatic hydroxyl groups is 1. The first-order valence-corrected chi connectivity index (χ1v) is 7.50. The van der Waals surface area contributed by atoms with Crippen molar-refractivity contribution in [2.75, 3.05) is 13.2 Å². The largest absolute Gasteiger partial charge is 0.395 e. The standard InChI is InChI=1S/C15H20N4O2/c20-9-8-18(12-4-2-1-3-5-12)15(21)13-10-17-19-7-6-16-11-14(13)19/h6-7,10-12,20H,1-5,8-9H2. The third-order valence-corrected chi connectivity index (χ3v) is 4.17. The van der Waals surface area contributed by atoms with Crippen molar-refractivity contribution in [3.8, 4) is 0 Å². The monoisotopic (exact) mass is 288 g/mol. The minimum absolute atomic E-state index is 0.0142. The summed E-state index contributed by atoms with van der Waals surface area (Å²) < 4.78 is 1.65. The Hall–Kier alpha value is -1.95. The van der Waals surface area contributed by atoms with E-state index in [1.165, 1.54) is 6.42 Å². The van der Waals surface area contributed by atoms with Gasteiger partial charge >= 0.3 is 0 Å². The Kier molecular flexibility index (Phi) is 4.15. The van der Waals surface area contributed by atoms with Crippen LogP contribution in [0.1, 0.15) is 42.5 Å². The predicted octanol–water partition coefficient (Wildman–Crippen LogP) is 1.50. The number of rotatable bonds is 4. The zero-order chi connectivity index (χ0) is 14.7. The van der Waals surface area contributed by atoms with Crippen LogP contribution in [-0.2, 0) is 0 Å². The fraction of sp³-hybridized carbons (Fsp3) is 0.533. The molecule has 2 aromatic heterocycles. The minimum atomic E-state index is -0.0565. The normalized spacial score (nSPS) is 16.2. The van der Waals surface area contributed by atoms with Crippen molar-refractivity contribution in [3.63, 3.8) is 0 Å². The molecule has 0 bridgehead atoms. The highest BCUT2D eigenvalue weighted by Crippen LogP contribution is 2.24. The summed E-state index contributed by atoms with van der Waals surface area (Å²) in [6.07, 6.45) is 12.2. The van der Waals surface area contributed by atoms with Gasteiger partial charge in [0.1, 0.15) is 0 Å². The van der Waals surface area contributed by atoms with Gasteiger partial charge < -0.3 is 10.0 Å². The van der Waals surface area contributed by atoms with Crippen molar-refractivity contribution in [1.29, 1.82) is 0 Å². The molecular weight excluding hydrogens is 268 g/mol. The van der Waals surface area contributed by atoms with Crippen LogP contribution in [0.3, 0.4) is 0 Å². The van der Waals surface area contributed by atoms with E-state index in [-0.39, 0.29) is 18.6 Å². The molecule has 1 aliphatic carbocycles. The van der Waals surface area contributed by atoms with Crippen molar-refractivity contribution in [1.82, 2.24) is 19.5 Å². The van der Waals surface area contributed by atoms with E-state index >= 15 is 0 Å². The van der Waals surface area contributed by atoms with Gasteiger partial charge in [0.15, 0.2) is 0 Å². The van der Waals surface area contributed by atoms with Crippen LogP contribution in [0, 0.1) is 0 Å². The topological polar surface area (TPSA) is 70.7 Å². The Morgan fingerprint density at radius 3 is 2.90 bits per heavy atom. The fourth-order valence-electron chi connectivity index (χ4n) is 3.10. The van der Waals surface area contributed by atoms with Gasteiger partial charge in [-0.15, -0.1) is 0 Å². The molecule has 0 aliphatic heterocycles. The van der Waals surface area contributed by atoms with Crippen LogP contribution in [0.5, 0.6) is 0 Å². The maximum atomic E-state index is 12.8. The SMILES string of the molecule is O=C(c1cnn2ccncc12)N(CCO)C1CCCCC1. The van der Waals surface area contributed by atoms with E-state index in [1.807, 2.05) is 4.90 Å². The average molecular weight is 288 g/mol. The van der Waals surface area contributed by atoms with E-state index in [0.717, 1.165) is 25.7 Å². The second-order valence-electron chi connectivity index (χ2n) is 5.48. The highest BCUT2D eigenvalue weighted by molar-refractivity contribution is 6.00. The highest BCUT2D eigenvalue weighted by Gasteiger charge is 2.27. The Morgan fingerprint density at radius 1 is 1.33 bits per heavy atom. The van der Waals surface area contributed by atoms with Crippen molar-refractivity contribution >= 4 is 11.4 Å². The molecule has 1 N–H and O–H groups in total. The van der Waals surface area contributed by atoms with Crippen molar-refractivity contribution in [2.45, 2.75) is 38.1 Å². The number of carbonyl (C=O) groups excluding carboxylic acids is 1. The Balaban J connectivity index is 1.89.